The van der Waals surface area contributed by atoms with Crippen molar-refractivity contribution in [1.29, 1.82) is 0 Å². The van der Waals surface area contributed by atoms with Crippen LogP contribution in [-0.2, 0) is 9.53 Å². The van der Waals surface area contributed by atoms with Gasteiger partial charge in [-0.15, -0.1) is 0 Å². The number of thioether (sulfide) groups is 1. The first-order valence-electron chi connectivity index (χ1n) is 11.6. The Morgan fingerprint density at radius 3 is 2.12 bits per heavy atom. The lowest BCUT2D eigenvalue weighted by Crippen LogP contribution is -2.53. The highest BCUT2D eigenvalue weighted by atomic mass is 32.2. The first kappa shape index (κ1) is 24.8. The minimum Gasteiger partial charge on any atom is -0.466 e. The third-order valence-corrected chi connectivity index (χ3v) is 7.11. The molecule has 0 aromatic heterocycles. The van der Waals surface area contributed by atoms with E-state index in [0.29, 0.717) is 24.2 Å². The third-order valence-electron chi connectivity index (χ3n) is 5.60. The van der Waals surface area contributed by atoms with Crippen LogP contribution in [0.25, 0.3) is 0 Å². The molecule has 0 bridgehead atoms. The lowest BCUT2D eigenvalue weighted by molar-refractivity contribution is -0.143. The standard InChI is InChI=1S/C26H32N2O4S/c1-2-17-32-23(29)16-10-9-15-22-24(28-26(31)20-13-7-4-8-14-20)21(18-33-22)27-25(30)19-11-5-3-6-12-19/h3-8,11-14,21-22,24H,2,9-10,15-18H2,1H3,(H,27,30)(H,28,31)/t21-,22-,24+/m0/s1. The minimum atomic E-state index is -0.192. The number of carbonyl (C=O) groups excluding carboxylic acids is 3. The van der Waals surface area contributed by atoms with Crippen LogP contribution in [0.5, 0.6) is 0 Å². The Morgan fingerprint density at radius 2 is 1.52 bits per heavy atom. The highest BCUT2D eigenvalue weighted by molar-refractivity contribution is 8.00. The number of hydrogen-bond acceptors (Lipinski definition) is 5. The Hall–Kier alpha value is -2.80. The zero-order chi connectivity index (χ0) is 23.5. The predicted octanol–water partition coefficient (Wildman–Crippen LogP) is 4.21. The summed E-state index contributed by atoms with van der Waals surface area (Å²) in [5, 5.41) is 6.44. The summed E-state index contributed by atoms with van der Waals surface area (Å²) < 4.78 is 5.14. The summed E-state index contributed by atoms with van der Waals surface area (Å²) in [4.78, 5) is 37.4. The highest BCUT2D eigenvalue weighted by Gasteiger charge is 2.38. The van der Waals surface area contributed by atoms with Gasteiger partial charge in [-0.3, -0.25) is 14.4 Å². The zero-order valence-corrected chi connectivity index (χ0v) is 19.8. The Labute approximate surface area is 199 Å². The summed E-state index contributed by atoms with van der Waals surface area (Å²) in [6.07, 6.45) is 3.69. The van der Waals surface area contributed by atoms with Crippen LogP contribution in [0.2, 0.25) is 0 Å². The smallest absolute Gasteiger partial charge is 0.305 e. The second-order valence-corrected chi connectivity index (χ2v) is 9.42. The van der Waals surface area contributed by atoms with Crippen molar-refractivity contribution in [3.8, 4) is 0 Å². The van der Waals surface area contributed by atoms with E-state index in [4.69, 9.17) is 4.74 Å². The van der Waals surface area contributed by atoms with Gasteiger partial charge in [-0.05, 0) is 43.5 Å². The molecule has 2 N–H and O–H groups in total. The van der Waals surface area contributed by atoms with E-state index < -0.39 is 0 Å². The normalized spacial score (nSPS) is 19.6. The molecule has 0 unspecified atom stereocenters. The van der Waals surface area contributed by atoms with E-state index in [9.17, 15) is 14.4 Å². The maximum atomic E-state index is 12.9. The quantitative estimate of drug-likeness (QED) is 0.381. The molecular weight excluding hydrogens is 436 g/mol. The summed E-state index contributed by atoms with van der Waals surface area (Å²) >= 11 is 1.76. The molecule has 0 radical (unpaired) electrons. The number of unbranched alkanes of at least 4 members (excludes halogenated alkanes) is 1. The number of amides is 2. The first-order chi connectivity index (χ1) is 16.1. The maximum absolute atomic E-state index is 12.9. The molecule has 1 aliphatic rings. The molecule has 1 fully saturated rings. The molecule has 33 heavy (non-hydrogen) atoms. The Morgan fingerprint density at radius 1 is 0.909 bits per heavy atom. The molecule has 3 rings (SSSR count). The first-order valence-corrected chi connectivity index (χ1v) is 12.6. The van der Waals surface area contributed by atoms with Gasteiger partial charge in [0.15, 0.2) is 0 Å². The summed E-state index contributed by atoms with van der Waals surface area (Å²) in [7, 11) is 0. The monoisotopic (exact) mass is 468 g/mol. The van der Waals surface area contributed by atoms with Gasteiger partial charge in [-0.25, -0.2) is 0 Å². The van der Waals surface area contributed by atoms with E-state index in [0.717, 1.165) is 31.4 Å². The van der Waals surface area contributed by atoms with Crippen molar-refractivity contribution in [3.05, 3.63) is 71.8 Å². The van der Waals surface area contributed by atoms with E-state index >= 15 is 0 Å². The molecule has 3 atom stereocenters. The van der Waals surface area contributed by atoms with Crippen molar-refractivity contribution in [1.82, 2.24) is 10.6 Å². The molecule has 2 amide bonds. The van der Waals surface area contributed by atoms with Crippen LogP contribution in [0.15, 0.2) is 60.7 Å². The number of hydrogen-bond donors (Lipinski definition) is 2. The van der Waals surface area contributed by atoms with E-state index in [1.807, 2.05) is 43.3 Å². The van der Waals surface area contributed by atoms with Gasteiger partial charge in [0, 0.05) is 28.6 Å². The van der Waals surface area contributed by atoms with Crippen LogP contribution in [0, 0.1) is 0 Å². The Balaban J connectivity index is 1.61. The van der Waals surface area contributed by atoms with Gasteiger partial charge in [0.2, 0.25) is 0 Å². The number of nitrogens with one attached hydrogen (secondary N) is 2. The van der Waals surface area contributed by atoms with Crippen molar-refractivity contribution in [2.45, 2.75) is 56.4 Å². The lowest BCUT2D eigenvalue weighted by atomic mass is 10.00. The fourth-order valence-corrected chi connectivity index (χ4v) is 5.39. The molecule has 2 aromatic carbocycles. The lowest BCUT2D eigenvalue weighted by Gasteiger charge is -2.26. The molecule has 2 aromatic rings. The second kappa shape index (κ2) is 13.0. The third kappa shape index (κ3) is 7.63. The maximum Gasteiger partial charge on any atom is 0.305 e. The molecular formula is C26H32N2O4S. The molecule has 7 heteroatoms. The average molecular weight is 469 g/mol. The largest absolute Gasteiger partial charge is 0.466 e. The van der Waals surface area contributed by atoms with Gasteiger partial charge in [-0.2, -0.15) is 11.8 Å². The molecule has 0 aliphatic carbocycles. The van der Waals surface area contributed by atoms with Crippen LogP contribution in [-0.4, -0.2) is 47.5 Å². The van der Waals surface area contributed by atoms with E-state index in [-0.39, 0.29) is 35.1 Å². The van der Waals surface area contributed by atoms with Gasteiger partial charge in [0.05, 0.1) is 18.7 Å². The number of benzene rings is 2. The Bertz CT molecular complexity index is 907. The summed E-state index contributed by atoms with van der Waals surface area (Å²) in [5.41, 5.74) is 1.20. The topological polar surface area (TPSA) is 84.5 Å². The number of ether oxygens (including phenoxy) is 1. The van der Waals surface area contributed by atoms with Gasteiger partial charge in [-0.1, -0.05) is 49.7 Å². The van der Waals surface area contributed by atoms with Crippen molar-refractivity contribution in [2.75, 3.05) is 12.4 Å². The summed E-state index contributed by atoms with van der Waals surface area (Å²) in [6.45, 7) is 2.44. The van der Waals surface area contributed by atoms with E-state index in [1.54, 1.807) is 36.0 Å². The SMILES string of the molecule is CCCOC(=O)CCCC[C@@H]1SC[C@H](NC(=O)c2ccccc2)[C@H]1NC(=O)c1ccccc1. The van der Waals surface area contributed by atoms with Crippen LogP contribution in [0.3, 0.4) is 0 Å². The Kier molecular flexibility index (Phi) is 9.81. The van der Waals surface area contributed by atoms with Crippen molar-refractivity contribution < 1.29 is 19.1 Å². The van der Waals surface area contributed by atoms with Crippen molar-refractivity contribution >= 4 is 29.5 Å². The fraction of sp³-hybridized carbons (Fsp3) is 0.423. The van der Waals surface area contributed by atoms with E-state index in [2.05, 4.69) is 10.6 Å². The van der Waals surface area contributed by atoms with Gasteiger partial charge in [0.25, 0.3) is 11.8 Å². The van der Waals surface area contributed by atoms with E-state index in [1.165, 1.54) is 0 Å². The van der Waals surface area contributed by atoms with Gasteiger partial charge < -0.3 is 15.4 Å². The second-order valence-electron chi connectivity index (χ2n) is 8.15. The molecule has 6 nitrogen and oxygen atoms in total. The average Bonchev–Trinajstić information content (AvgIpc) is 3.22. The number of esters is 1. The molecule has 1 saturated heterocycles. The molecule has 1 aliphatic heterocycles. The fourth-order valence-electron chi connectivity index (χ4n) is 3.85. The predicted molar refractivity (Wildman–Crippen MR) is 131 cm³/mol. The minimum absolute atomic E-state index is 0.139. The van der Waals surface area contributed by atoms with Crippen molar-refractivity contribution in [2.24, 2.45) is 0 Å². The molecule has 1 heterocycles. The summed E-state index contributed by atoms with van der Waals surface area (Å²) in [6, 6.07) is 17.9. The highest BCUT2D eigenvalue weighted by Crippen LogP contribution is 2.32. The van der Waals surface area contributed by atoms with Crippen molar-refractivity contribution in [3.63, 3.8) is 0 Å². The van der Waals surface area contributed by atoms with Crippen LogP contribution in [0.4, 0.5) is 0 Å². The van der Waals surface area contributed by atoms with Gasteiger partial charge >= 0.3 is 5.97 Å². The van der Waals surface area contributed by atoms with Crippen LogP contribution >= 0.6 is 11.8 Å². The molecule has 176 valence electrons. The van der Waals surface area contributed by atoms with Crippen LogP contribution in [0.1, 0.15) is 59.7 Å². The van der Waals surface area contributed by atoms with Gasteiger partial charge in [0.1, 0.15) is 0 Å². The molecule has 0 spiro atoms. The number of rotatable bonds is 11. The summed E-state index contributed by atoms with van der Waals surface area (Å²) in [5.74, 6) is 0.286. The zero-order valence-electron chi connectivity index (χ0n) is 19.0. The molecule has 0 saturated carbocycles. The van der Waals surface area contributed by atoms with Crippen LogP contribution < -0.4 is 10.6 Å². The number of carbonyl (C=O) groups is 3.